The van der Waals surface area contributed by atoms with E-state index in [1.165, 1.54) is 36.3 Å². The van der Waals surface area contributed by atoms with Crippen LogP contribution in [0.2, 0.25) is 0 Å². The molecule has 2 aromatic rings. The summed E-state index contributed by atoms with van der Waals surface area (Å²) in [5.74, 6) is -3.80. The number of carboxylic acid groups (broad SMARTS) is 1. The number of nitrogens with one attached hydrogen (secondary N) is 1. The van der Waals surface area contributed by atoms with Crippen LogP contribution in [0.3, 0.4) is 0 Å². The van der Waals surface area contributed by atoms with Crippen molar-refractivity contribution >= 4 is 46.7 Å². The Labute approximate surface area is 177 Å². The molecule has 0 atom stereocenters. The Morgan fingerprint density at radius 2 is 1.73 bits per heavy atom. The van der Waals surface area contributed by atoms with Gasteiger partial charge in [0.05, 0.1) is 23.4 Å². The van der Waals surface area contributed by atoms with Gasteiger partial charge in [0.2, 0.25) is 0 Å². The molecule has 162 valence electrons. The number of rotatable bonds is 6. The predicted octanol–water partition coefficient (Wildman–Crippen LogP) is 3.50. The number of amides is 1. The first-order valence-electron chi connectivity index (χ1n) is 7.94. The molecule has 0 aliphatic carbocycles. The molecule has 7 nitrogen and oxygen atoms in total. The van der Waals surface area contributed by atoms with Gasteiger partial charge in [0.1, 0.15) is 4.88 Å². The number of halogens is 3. The SMILES string of the molecule is COC(=O)c1cc(C(=O)NCC(=O)c2ccccc2)c(SC)s1.O=C(O)C(F)(F)F. The van der Waals surface area contributed by atoms with Crippen LogP contribution in [0.5, 0.6) is 0 Å². The van der Waals surface area contributed by atoms with Crippen molar-refractivity contribution < 1.29 is 42.2 Å². The lowest BCUT2D eigenvalue weighted by atomic mass is 10.1. The van der Waals surface area contributed by atoms with Crippen molar-refractivity contribution in [1.82, 2.24) is 5.32 Å². The Kier molecular flexibility index (Phi) is 9.53. The fourth-order valence-electron chi connectivity index (χ4n) is 1.87. The lowest BCUT2D eigenvalue weighted by Gasteiger charge is -2.04. The highest BCUT2D eigenvalue weighted by atomic mass is 32.2. The van der Waals surface area contributed by atoms with Gasteiger partial charge < -0.3 is 15.2 Å². The number of carboxylic acids is 1. The second-order valence-corrected chi connectivity index (χ2v) is 7.41. The molecule has 0 unspecified atom stereocenters. The number of Topliss-reactive ketones (excluding diaryl/α,β-unsaturated/α-hetero) is 1. The van der Waals surface area contributed by atoms with E-state index in [-0.39, 0.29) is 18.2 Å². The van der Waals surface area contributed by atoms with Crippen molar-refractivity contribution in [2.24, 2.45) is 0 Å². The number of esters is 1. The van der Waals surface area contributed by atoms with E-state index in [2.05, 4.69) is 10.1 Å². The standard InChI is InChI=1S/C16H15NO4S2.C2HF3O2/c1-21-15(20)13-8-11(16(22-2)23-13)14(19)17-9-12(18)10-6-4-3-5-7-10;3-2(4,5)1(6)7/h3-8H,9H2,1-2H3,(H,17,19);(H,6,7). The van der Waals surface area contributed by atoms with Crippen LogP contribution < -0.4 is 5.32 Å². The van der Waals surface area contributed by atoms with Gasteiger partial charge in [0.25, 0.3) is 5.91 Å². The maximum Gasteiger partial charge on any atom is 0.490 e. The summed E-state index contributed by atoms with van der Waals surface area (Å²) in [6.07, 6.45) is -3.27. The van der Waals surface area contributed by atoms with E-state index in [0.29, 0.717) is 20.2 Å². The molecule has 0 aliphatic heterocycles. The van der Waals surface area contributed by atoms with E-state index < -0.39 is 18.1 Å². The van der Waals surface area contributed by atoms with Crippen LogP contribution in [0.1, 0.15) is 30.4 Å². The number of hydrogen-bond donors (Lipinski definition) is 2. The summed E-state index contributed by atoms with van der Waals surface area (Å²) in [5, 5.41) is 9.72. The molecular formula is C18H16F3NO6S2. The summed E-state index contributed by atoms with van der Waals surface area (Å²) in [5.41, 5.74) is 0.919. The number of carbonyl (C=O) groups is 4. The molecular weight excluding hydrogens is 447 g/mol. The highest BCUT2D eigenvalue weighted by Gasteiger charge is 2.38. The maximum absolute atomic E-state index is 12.3. The van der Waals surface area contributed by atoms with Gasteiger partial charge in [-0.3, -0.25) is 9.59 Å². The quantitative estimate of drug-likeness (QED) is 0.383. The van der Waals surface area contributed by atoms with E-state index in [1.54, 1.807) is 24.3 Å². The molecule has 0 fully saturated rings. The summed E-state index contributed by atoms with van der Waals surface area (Å²) < 4.78 is 37.1. The van der Waals surface area contributed by atoms with E-state index >= 15 is 0 Å². The Morgan fingerprint density at radius 1 is 1.17 bits per heavy atom. The second-order valence-electron chi connectivity index (χ2n) is 5.28. The van der Waals surface area contributed by atoms with E-state index in [4.69, 9.17) is 9.90 Å². The predicted molar refractivity (Wildman–Crippen MR) is 104 cm³/mol. The average Bonchev–Trinajstić information content (AvgIpc) is 3.16. The average molecular weight is 463 g/mol. The number of alkyl halides is 3. The summed E-state index contributed by atoms with van der Waals surface area (Å²) in [6, 6.07) is 10.2. The zero-order valence-corrected chi connectivity index (χ0v) is 17.2. The van der Waals surface area contributed by atoms with Gasteiger partial charge in [-0.05, 0) is 12.3 Å². The zero-order chi connectivity index (χ0) is 22.9. The monoisotopic (exact) mass is 463 g/mol. The van der Waals surface area contributed by atoms with Gasteiger partial charge in [-0.1, -0.05) is 30.3 Å². The minimum absolute atomic E-state index is 0.0972. The molecule has 1 amide bonds. The lowest BCUT2D eigenvalue weighted by molar-refractivity contribution is -0.192. The topological polar surface area (TPSA) is 110 Å². The maximum atomic E-state index is 12.3. The highest BCUT2D eigenvalue weighted by Crippen LogP contribution is 2.31. The molecule has 0 bridgehead atoms. The van der Waals surface area contributed by atoms with Crippen LogP contribution in [-0.2, 0) is 9.53 Å². The lowest BCUT2D eigenvalue weighted by Crippen LogP contribution is -2.29. The van der Waals surface area contributed by atoms with Crippen molar-refractivity contribution in [2.75, 3.05) is 19.9 Å². The van der Waals surface area contributed by atoms with Gasteiger partial charge >= 0.3 is 18.1 Å². The van der Waals surface area contributed by atoms with E-state index in [9.17, 15) is 27.6 Å². The Morgan fingerprint density at radius 3 is 2.20 bits per heavy atom. The van der Waals surface area contributed by atoms with Crippen molar-refractivity contribution in [3.05, 3.63) is 52.4 Å². The van der Waals surface area contributed by atoms with Gasteiger partial charge in [-0.2, -0.15) is 13.2 Å². The summed E-state index contributed by atoms with van der Waals surface area (Å²) >= 11 is 2.56. The number of methoxy groups -OCH3 is 1. The minimum Gasteiger partial charge on any atom is -0.475 e. The largest absolute Gasteiger partial charge is 0.490 e. The van der Waals surface area contributed by atoms with Gasteiger partial charge in [-0.15, -0.1) is 23.1 Å². The smallest absolute Gasteiger partial charge is 0.475 e. The molecule has 0 spiro atoms. The number of hydrogen-bond acceptors (Lipinski definition) is 7. The zero-order valence-electron chi connectivity index (χ0n) is 15.6. The number of ether oxygens (including phenoxy) is 1. The highest BCUT2D eigenvalue weighted by molar-refractivity contribution is 8.00. The van der Waals surface area contributed by atoms with E-state index in [0.717, 1.165) is 0 Å². The first-order valence-corrected chi connectivity index (χ1v) is 9.98. The molecule has 12 heteroatoms. The van der Waals surface area contributed by atoms with Gasteiger partial charge in [0.15, 0.2) is 5.78 Å². The minimum atomic E-state index is -5.08. The van der Waals surface area contributed by atoms with Gasteiger partial charge in [0, 0.05) is 5.56 Å². The Hall–Kier alpha value is -2.86. The molecule has 0 aliphatic rings. The number of carbonyl (C=O) groups excluding carboxylic acids is 3. The number of benzene rings is 1. The fraction of sp³-hybridized carbons (Fsp3) is 0.222. The molecule has 2 rings (SSSR count). The number of thiophene rings is 1. The van der Waals surface area contributed by atoms with Crippen LogP contribution in [0.4, 0.5) is 13.2 Å². The van der Waals surface area contributed by atoms with Crippen molar-refractivity contribution in [1.29, 1.82) is 0 Å². The summed E-state index contributed by atoms with van der Waals surface area (Å²) in [4.78, 5) is 45.1. The summed E-state index contributed by atoms with van der Waals surface area (Å²) in [7, 11) is 1.29. The third kappa shape index (κ3) is 7.52. The molecule has 1 heterocycles. The molecule has 0 saturated carbocycles. The first kappa shape index (κ1) is 25.2. The molecule has 0 radical (unpaired) electrons. The summed E-state index contributed by atoms with van der Waals surface area (Å²) in [6.45, 7) is -0.0972. The third-order valence-electron chi connectivity index (χ3n) is 3.26. The van der Waals surface area contributed by atoms with Crippen LogP contribution in [0.25, 0.3) is 0 Å². The van der Waals surface area contributed by atoms with Crippen LogP contribution in [0, 0.1) is 0 Å². The number of aliphatic carboxylic acids is 1. The van der Waals surface area contributed by atoms with Crippen LogP contribution in [-0.4, -0.2) is 54.8 Å². The van der Waals surface area contributed by atoms with E-state index in [1.807, 2.05) is 12.3 Å². The van der Waals surface area contributed by atoms with Gasteiger partial charge in [-0.25, -0.2) is 9.59 Å². The Balaban J connectivity index is 0.000000553. The number of ketones is 1. The van der Waals surface area contributed by atoms with Crippen molar-refractivity contribution in [3.63, 3.8) is 0 Å². The first-order chi connectivity index (χ1) is 14.0. The molecule has 1 aromatic carbocycles. The van der Waals surface area contributed by atoms with Crippen molar-refractivity contribution in [2.45, 2.75) is 10.4 Å². The van der Waals surface area contributed by atoms with Crippen LogP contribution in [0.15, 0.2) is 40.6 Å². The fourth-order valence-corrected chi connectivity index (χ4v) is 3.65. The second kappa shape index (κ2) is 11.4. The van der Waals surface area contributed by atoms with Crippen LogP contribution >= 0.6 is 23.1 Å². The third-order valence-corrected chi connectivity index (χ3v) is 5.51. The number of thioether (sulfide) groups is 1. The van der Waals surface area contributed by atoms with Crippen molar-refractivity contribution in [3.8, 4) is 0 Å². The molecule has 0 saturated heterocycles. The molecule has 1 aromatic heterocycles. The molecule has 30 heavy (non-hydrogen) atoms. The Bertz CT molecular complexity index is 912. The molecule has 2 N–H and O–H groups in total. The normalized spacial score (nSPS) is 10.4.